The minimum Gasteiger partial charge on any atom is -0.489 e. The first kappa shape index (κ1) is 20.5. The van der Waals surface area contributed by atoms with Gasteiger partial charge in [-0.3, -0.25) is 0 Å². The molecule has 2 unspecified atom stereocenters. The molecule has 2 atom stereocenters. The fourth-order valence-corrected chi connectivity index (χ4v) is 3.39. The second-order valence-electron chi connectivity index (χ2n) is 8.89. The number of benzene rings is 3. The van der Waals surface area contributed by atoms with Gasteiger partial charge in [-0.25, -0.2) is 0 Å². The molecule has 0 fully saturated rings. The summed E-state index contributed by atoms with van der Waals surface area (Å²) in [5.41, 5.74) is 1.38. The predicted molar refractivity (Wildman–Crippen MR) is 121 cm³/mol. The third-order valence-electron chi connectivity index (χ3n) is 5.58. The first-order chi connectivity index (χ1) is 13.3. The van der Waals surface area contributed by atoms with Gasteiger partial charge < -0.3 is 9.47 Å². The van der Waals surface area contributed by atoms with Crippen molar-refractivity contribution >= 4 is 21.5 Å². The molecule has 0 bridgehead atoms. The smallest absolute Gasteiger partial charge is 0.135 e. The van der Waals surface area contributed by atoms with Crippen LogP contribution in [0.3, 0.4) is 0 Å². The second kappa shape index (κ2) is 8.03. The van der Waals surface area contributed by atoms with Gasteiger partial charge in [0.05, 0.1) is 12.2 Å². The van der Waals surface area contributed by atoms with Crippen LogP contribution in [0.4, 0.5) is 0 Å². The summed E-state index contributed by atoms with van der Waals surface area (Å²) in [7, 11) is 0. The van der Waals surface area contributed by atoms with Crippen LogP contribution in [-0.2, 0) is 5.41 Å². The van der Waals surface area contributed by atoms with Crippen LogP contribution in [0.25, 0.3) is 21.5 Å². The number of hydrogen-bond acceptors (Lipinski definition) is 2. The summed E-state index contributed by atoms with van der Waals surface area (Å²) in [6.07, 6.45) is 2.27. The Labute approximate surface area is 169 Å². The summed E-state index contributed by atoms with van der Waals surface area (Å²) in [4.78, 5) is 0. The van der Waals surface area contributed by atoms with Crippen molar-refractivity contribution in [1.82, 2.24) is 0 Å². The molecule has 2 heteroatoms. The third-order valence-corrected chi connectivity index (χ3v) is 5.58. The van der Waals surface area contributed by atoms with E-state index in [1.165, 1.54) is 5.56 Å². The van der Waals surface area contributed by atoms with Crippen LogP contribution in [0.1, 0.15) is 66.9 Å². The molecule has 0 aromatic heterocycles. The van der Waals surface area contributed by atoms with Gasteiger partial charge in [-0.15, -0.1) is 0 Å². The molecule has 0 radical (unpaired) electrons. The zero-order valence-corrected chi connectivity index (χ0v) is 18.4. The molecule has 0 aliphatic heterocycles. The van der Waals surface area contributed by atoms with Crippen molar-refractivity contribution in [2.75, 3.05) is 0 Å². The molecule has 0 aliphatic carbocycles. The Kier molecular flexibility index (Phi) is 5.88. The Balaban J connectivity index is 2.39. The average Bonchev–Trinajstić information content (AvgIpc) is 2.68. The molecule has 0 heterocycles. The average molecular weight is 379 g/mol. The highest BCUT2D eigenvalue weighted by Gasteiger charge is 2.21. The molecule has 3 rings (SSSR count). The number of fused-ring (bicyclic) bond motifs is 2. The van der Waals surface area contributed by atoms with E-state index in [4.69, 9.17) is 9.47 Å². The van der Waals surface area contributed by atoms with Gasteiger partial charge in [0.15, 0.2) is 0 Å². The van der Waals surface area contributed by atoms with Crippen LogP contribution in [0.15, 0.2) is 42.5 Å². The Bertz CT molecular complexity index is 965. The summed E-state index contributed by atoms with van der Waals surface area (Å²) < 4.78 is 12.9. The Morgan fingerprint density at radius 3 is 1.64 bits per heavy atom. The van der Waals surface area contributed by atoms with E-state index in [0.29, 0.717) is 0 Å². The molecule has 150 valence electrons. The summed E-state index contributed by atoms with van der Waals surface area (Å²) >= 11 is 0. The van der Waals surface area contributed by atoms with Crippen molar-refractivity contribution in [2.24, 2.45) is 0 Å². The molecular weight excluding hydrogens is 344 g/mol. The minimum absolute atomic E-state index is 0.0746. The SMILES string of the molecule is CCC(C)Oc1c2ccccc2c(OC(C)CC)c2cc(C(C)(C)C)ccc12. The Morgan fingerprint density at radius 1 is 0.714 bits per heavy atom. The predicted octanol–water partition coefficient (Wildman–Crippen LogP) is 7.65. The van der Waals surface area contributed by atoms with Crippen LogP contribution in [-0.4, -0.2) is 12.2 Å². The van der Waals surface area contributed by atoms with E-state index in [9.17, 15) is 0 Å². The van der Waals surface area contributed by atoms with Crippen LogP contribution in [0, 0.1) is 0 Å². The van der Waals surface area contributed by atoms with E-state index in [-0.39, 0.29) is 17.6 Å². The molecule has 0 aliphatic rings. The summed E-state index contributed by atoms with van der Waals surface area (Å²) in [5, 5.41) is 4.52. The highest BCUT2D eigenvalue weighted by atomic mass is 16.5. The van der Waals surface area contributed by atoms with Crippen molar-refractivity contribution in [3.8, 4) is 11.5 Å². The first-order valence-electron chi connectivity index (χ1n) is 10.6. The van der Waals surface area contributed by atoms with Gasteiger partial charge in [-0.05, 0) is 43.7 Å². The molecule has 0 N–H and O–H groups in total. The maximum Gasteiger partial charge on any atom is 0.135 e. The zero-order chi connectivity index (χ0) is 20.5. The highest BCUT2D eigenvalue weighted by molar-refractivity contribution is 6.11. The van der Waals surface area contributed by atoms with E-state index in [2.05, 4.69) is 90.9 Å². The zero-order valence-electron chi connectivity index (χ0n) is 18.4. The van der Waals surface area contributed by atoms with Gasteiger partial charge in [-0.2, -0.15) is 0 Å². The molecular formula is C26H34O2. The topological polar surface area (TPSA) is 18.5 Å². The lowest BCUT2D eigenvalue weighted by atomic mass is 9.85. The van der Waals surface area contributed by atoms with Gasteiger partial charge in [0.2, 0.25) is 0 Å². The van der Waals surface area contributed by atoms with Crippen LogP contribution in [0.2, 0.25) is 0 Å². The highest BCUT2D eigenvalue weighted by Crippen LogP contribution is 2.45. The van der Waals surface area contributed by atoms with Gasteiger partial charge in [0, 0.05) is 21.5 Å². The van der Waals surface area contributed by atoms with Crippen LogP contribution < -0.4 is 9.47 Å². The fourth-order valence-electron chi connectivity index (χ4n) is 3.39. The lowest BCUT2D eigenvalue weighted by Gasteiger charge is -2.24. The number of hydrogen-bond donors (Lipinski definition) is 0. The van der Waals surface area contributed by atoms with Crippen molar-refractivity contribution in [1.29, 1.82) is 0 Å². The second-order valence-corrected chi connectivity index (χ2v) is 8.89. The molecule has 3 aromatic rings. The third kappa shape index (κ3) is 3.97. The molecule has 2 nitrogen and oxygen atoms in total. The molecule has 28 heavy (non-hydrogen) atoms. The number of ether oxygens (including phenoxy) is 2. The Morgan fingerprint density at radius 2 is 1.18 bits per heavy atom. The normalized spacial score (nSPS) is 14.2. The van der Waals surface area contributed by atoms with Gasteiger partial charge in [0.25, 0.3) is 0 Å². The van der Waals surface area contributed by atoms with Gasteiger partial charge in [0.1, 0.15) is 11.5 Å². The van der Waals surface area contributed by atoms with Crippen LogP contribution >= 0.6 is 0 Å². The van der Waals surface area contributed by atoms with E-state index >= 15 is 0 Å². The maximum atomic E-state index is 6.49. The lowest BCUT2D eigenvalue weighted by molar-refractivity contribution is 0.219. The van der Waals surface area contributed by atoms with Crippen molar-refractivity contribution in [3.05, 3.63) is 48.0 Å². The lowest BCUT2D eigenvalue weighted by Crippen LogP contribution is -2.14. The van der Waals surface area contributed by atoms with Crippen molar-refractivity contribution in [2.45, 2.75) is 78.9 Å². The van der Waals surface area contributed by atoms with Crippen molar-refractivity contribution in [3.63, 3.8) is 0 Å². The molecule has 0 spiro atoms. The summed E-state index contributed by atoms with van der Waals surface area (Å²) in [6, 6.07) is 15.2. The quantitative estimate of drug-likeness (QED) is 0.410. The largest absolute Gasteiger partial charge is 0.489 e. The van der Waals surface area contributed by atoms with Crippen molar-refractivity contribution < 1.29 is 9.47 Å². The van der Waals surface area contributed by atoms with Gasteiger partial charge >= 0.3 is 0 Å². The molecule has 0 saturated heterocycles. The molecule has 3 aromatic carbocycles. The van der Waals surface area contributed by atoms with E-state index in [0.717, 1.165) is 45.9 Å². The van der Waals surface area contributed by atoms with E-state index in [1.54, 1.807) is 0 Å². The minimum atomic E-state index is 0.0746. The number of rotatable bonds is 6. The molecule has 0 amide bonds. The van der Waals surface area contributed by atoms with Crippen LogP contribution in [0.5, 0.6) is 11.5 Å². The first-order valence-corrected chi connectivity index (χ1v) is 10.6. The standard InChI is InChI=1S/C26H34O2/c1-8-17(3)27-24-20-12-10-11-13-21(20)25(28-18(4)9-2)23-16-19(26(5,6)7)14-15-22(23)24/h10-18H,8-9H2,1-7H3. The van der Waals surface area contributed by atoms with Gasteiger partial charge in [-0.1, -0.05) is 71.0 Å². The van der Waals surface area contributed by atoms with E-state index in [1.807, 2.05) is 0 Å². The summed E-state index contributed by atoms with van der Waals surface area (Å²) in [5.74, 6) is 1.94. The Hall–Kier alpha value is -2.22. The summed E-state index contributed by atoms with van der Waals surface area (Å²) in [6.45, 7) is 15.3. The monoisotopic (exact) mass is 378 g/mol. The maximum absolute atomic E-state index is 6.49. The fraction of sp³-hybridized carbons (Fsp3) is 0.462. The van der Waals surface area contributed by atoms with E-state index < -0.39 is 0 Å². The molecule has 0 saturated carbocycles.